The highest BCUT2D eigenvalue weighted by atomic mass is 16.3. The lowest BCUT2D eigenvalue weighted by Crippen LogP contribution is -2.13. The fraction of sp³-hybridized carbons (Fsp3) is 0. The van der Waals surface area contributed by atoms with Gasteiger partial charge < -0.3 is 15.8 Å². The van der Waals surface area contributed by atoms with Crippen molar-refractivity contribution in [2.24, 2.45) is 0 Å². The summed E-state index contributed by atoms with van der Waals surface area (Å²) in [6.45, 7) is 0. The Bertz CT molecular complexity index is 534. The van der Waals surface area contributed by atoms with E-state index in [2.05, 4.69) is 9.97 Å². The van der Waals surface area contributed by atoms with Gasteiger partial charge in [0.1, 0.15) is 5.82 Å². The maximum Gasteiger partial charge on any atom is 0.278 e. The van der Waals surface area contributed by atoms with Gasteiger partial charge in [0.2, 0.25) is 5.88 Å². The molecule has 0 aliphatic carbocycles. The second-order valence-electron chi connectivity index (χ2n) is 3.02. The van der Waals surface area contributed by atoms with Crippen LogP contribution in [0.15, 0.2) is 35.1 Å². The lowest BCUT2D eigenvalue weighted by Gasteiger charge is -2.02. The normalized spacial score (nSPS) is 10.1. The van der Waals surface area contributed by atoms with Gasteiger partial charge >= 0.3 is 0 Å². The zero-order valence-electron chi connectivity index (χ0n) is 7.77. The predicted molar refractivity (Wildman–Crippen MR) is 56.4 cm³/mol. The molecule has 0 bridgehead atoms. The van der Waals surface area contributed by atoms with Crippen LogP contribution in [-0.2, 0) is 0 Å². The third kappa shape index (κ3) is 1.67. The molecule has 0 amide bonds. The van der Waals surface area contributed by atoms with Crippen molar-refractivity contribution in [3.63, 3.8) is 0 Å². The molecule has 0 aliphatic rings. The van der Waals surface area contributed by atoms with Crippen LogP contribution in [0, 0.1) is 0 Å². The Balaban J connectivity index is 2.61. The number of anilines is 1. The van der Waals surface area contributed by atoms with E-state index in [1.165, 1.54) is 0 Å². The minimum atomic E-state index is -0.540. The summed E-state index contributed by atoms with van der Waals surface area (Å²) in [5.74, 6) is -0.148. The zero-order chi connectivity index (χ0) is 10.8. The number of rotatable bonds is 1. The highest BCUT2D eigenvalue weighted by Gasteiger charge is 2.07. The number of hydrogen-bond donors (Lipinski definition) is 3. The molecular weight excluding hydrogens is 194 g/mol. The lowest BCUT2D eigenvalue weighted by molar-refractivity contribution is 0.455. The van der Waals surface area contributed by atoms with Crippen molar-refractivity contribution in [2.75, 3.05) is 5.73 Å². The molecule has 0 saturated heterocycles. The fourth-order valence-corrected chi connectivity index (χ4v) is 1.20. The summed E-state index contributed by atoms with van der Waals surface area (Å²) in [5.41, 5.74) is 5.18. The van der Waals surface area contributed by atoms with E-state index >= 15 is 0 Å². The van der Waals surface area contributed by atoms with Crippen LogP contribution in [0.5, 0.6) is 5.88 Å². The molecule has 5 heteroatoms. The van der Waals surface area contributed by atoms with Crippen molar-refractivity contribution >= 4 is 5.69 Å². The third-order valence-electron chi connectivity index (χ3n) is 1.98. The van der Waals surface area contributed by atoms with E-state index in [0.29, 0.717) is 11.4 Å². The Morgan fingerprint density at radius 2 is 1.93 bits per heavy atom. The van der Waals surface area contributed by atoms with Crippen molar-refractivity contribution in [1.29, 1.82) is 0 Å². The first-order valence-corrected chi connectivity index (χ1v) is 4.32. The smallest absolute Gasteiger partial charge is 0.278 e. The number of aromatic hydroxyl groups is 1. The summed E-state index contributed by atoms with van der Waals surface area (Å²) in [6.07, 6.45) is 0. The van der Waals surface area contributed by atoms with E-state index in [1.807, 2.05) is 18.2 Å². The highest BCUT2D eigenvalue weighted by molar-refractivity contribution is 5.58. The van der Waals surface area contributed by atoms with E-state index in [1.54, 1.807) is 12.1 Å². The first-order chi connectivity index (χ1) is 7.18. The number of hydrogen-bond acceptors (Lipinski definition) is 4. The van der Waals surface area contributed by atoms with E-state index in [9.17, 15) is 9.90 Å². The molecule has 4 N–H and O–H groups in total. The summed E-state index contributed by atoms with van der Waals surface area (Å²) in [5, 5.41) is 9.29. The molecule has 0 aliphatic heterocycles. The number of H-pyrrole nitrogens is 1. The molecular formula is C10H9N3O2. The van der Waals surface area contributed by atoms with Gasteiger partial charge in [0.05, 0.1) is 0 Å². The van der Waals surface area contributed by atoms with Gasteiger partial charge in [-0.15, -0.1) is 0 Å². The van der Waals surface area contributed by atoms with Gasteiger partial charge in [0.15, 0.2) is 5.69 Å². The number of nitrogen functional groups attached to an aromatic ring is 1. The van der Waals surface area contributed by atoms with E-state index in [-0.39, 0.29) is 5.69 Å². The molecule has 0 fully saturated rings. The van der Waals surface area contributed by atoms with Gasteiger partial charge in [-0.05, 0) is 0 Å². The van der Waals surface area contributed by atoms with Crippen LogP contribution in [0.25, 0.3) is 11.4 Å². The topological polar surface area (TPSA) is 92.0 Å². The van der Waals surface area contributed by atoms with Crippen LogP contribution in [0.3, 0.4) is 0 Å². The molecule has 0 saturated carbocycles. The third-order valence-corrected chi connectivity index (χ3v) is 1.98. The summed E-state index contributed by atoms with van der Waals surface area (Å²) >= 11 is 0. The maximum atomic E-state index is 11.3. The van der Waals surface area contributed by atoms with Gasteiger partial charge in [-0.3, -0.25) is 4.79 Å². The van der Waals surface area contributed by atoms with Gasteiger partial charge in [-0.2, -0.15) is 4.98 Å². The molecule has 15 heavy (non-hydrogen) atoms. The Morgan fingerprint density at radius 1 is 1.27 bits per heavy atom. The maximum absolute atomic E-state index is 11.3. The van der Waals surface area contributed by atoms with E-state index in [4.69, 9.17) is 5.73 Å². The SMILES string of the molecule is Nc1c(O)nc(-c2ccccc2)[nH]c1=O. The quantitative estimate of drug-likeness (QED) is 0.636. The standard InChI is InChI=1S/C10H9N3O2/c11-7-9(14)12-8(13-10(7)15)6-4-2-1-3-5-6/h1-5H,11H2,(H2,12,13,14,15). The van der Waals surface area contributed by atoms with Crippen molar-refractivity contribution in [1.82, 2.24) is 9.97 Å². The Kier molecular flexibility index (Phi) is 2.13. The van der Waals surface area contributed by atoms with Crippen molar-refractivity contribution in [2.45, 2.75) is 0 Å². The summed E-state index contributed by atoms with van der Waals surface area (Å²) in [6, 6.07) is 9.01. The van der Waals surface area contributed by atoms with Crippen molar-refractivity contribution < 1.29 is 5.11 Å². The van der Waals surface area contributed by atoms with Crippen LogP contribution in [0.2, 0.25) is 0 Å². The minimum absolute atomic E-state index is 0.269. The molecule has 0 spiro atoms. The van der Waals surface area contributed by atoms with Gasteiger partial charge in [-0.25, -0.2) is 0 Å². The second-order valence-corrected chi connectivity index (χ2v) is 3.02. The number of aromatic nitrogens is 2. The fourth-order valence-electron chi connectivity index (χ4n) is 1.20. The van der Waals surface area contributed by atoms with Crippen LogP contribution in [0.4, 0.5) is 5.69 Å². The minimum Gasteiger partial charge on any atom is -0.492 e. The van der Waals surface area contributed by atoms with Crippen molar-refractivity contribution in [3.8, 4) is 17.3 Å². The summed E-state index contributed by atoms with van der Waals surface area (Å²) < 4.78 is 0. The molecule has 1 aromatic heterocycles. The average Bonchev–Trinajstić information content (AvgIpc) is 2.26. The molecule has 2 aromatic rings. The number of nitrogens with zero attached hydrogens (tertiary/aromatic N) is 1. The van der Waals surface area contributed by atoms with Crippen molar-refractivity contribution in [3.05, 3.63) is 40.7 Å². The van der Waals surface area contributed by atoms with Crippen LogP contribution in [-0.4, -0.2) is 15.1 Å². The second kappa shape index (κ2) is 3.45. The molecule has 1 aromatic carbocycles. The molecule has 5 nitrogen and oxygen atoms in total. The molecule has 0 unspecified atom stereocenters. The van der Waals surface area contributed by atoms with Crippen LogP contribution < -0.4 is 11.3 Å². The average molecular weight is 203 g/mol. The Hall–Kier alpha value is -2.30. The number of benzene rings is 1. The van der Waals surface area contributed by atoms with Gasteiger partial charge in [0.25, 0.3) is 5.56 Å². The predicted octanol–water partition coefficient (Wildman–Crippen LogP) is 0.725. The molecule has 0 radical (unpaired) electrons. The Morgan fingerprint density at radius 3 is 2.53 bits per heavy atom. The largest absolute Gasteiger partial charge is 0.492 e. The molecule has 2 rings (SSSR count). The summed E-state index contributed by atoms with van der Waals surface area (Å²) in [4.78, 5) is 17.5. The number of nitrogens with two attached hydrogens (primary N) is 1. The van der Waals surface area contributed by atoms with Crippen LogP contribution >= 0.6 is 0 Å². The Labute approximate surface area is 85.2 Å². The van der Waals surface area contributed by atoms with Gasteiger partial charge in [-0.1, -0.05) is 30.3 Å². The number of nitrogens with one attached hydrogen (secondary N) is 1. The molecule has 0 atom stereocenters. The van der Waals surface area contributed by atoms with Gasteiger partial charge in [0, 0.05) is 5.56 Å². The van der Waals surface area contributed by atoms with E-state index in [0.717, 1.165) is 0 Å². The molecule has 1 heterocycles. The molecule has 76 valence electrons. The number of aromatic amines is 1. The first kappa shape index (κ1) is 9.26. The highest BCUT2D eigenvalue weighted by Crippen LogP contribution is 2.17. The zero-order valence-corrected chi connectivity index (χ0v) is 7.77. The lowest BCUT2D eigenvalue weighted by atomic mass is 10.2. The summed E-state index contributed by atoms with van der Waals surface area (Å²) in [7, 11) is 0. The first-order valence-electron chi connectivity index (χ1n) is 4.32. The monoisotopic (exact) mass is 203 g/mol. The van der Waals surface area contributed by atoms with E-state index < -0.39 is 11.4 Å². The van der Waals surface area contributed by atoms with Crippen LogP contribution in [0.1, 0.15) is 0 Å².